The predicted molar refractivity (Wildman–Crippen MR) is 122 cm³/mol. The monoisotopic (exact) mass is 432 g/mol. The smallest absolute Gasteiger partial charge is 0.211 e. The van der Waals surface area contributed by atoms with Crippen LogP contribution >= 0.6 is 0 Å². The number of aromatic nitrogens is 3. The summed E-state index contributed by atoms with van der Waals surface area (Å²) in [7, 11) is -3.18. The number of aromatic amines is 1. The molecule has 158 valence electrons. The van der Waals surface area contributed by atoms with Crippen molar-refractivity contribution in [1.29, 1.82) is 0 Å². The summed E-state index contributed by atoms with van der Waals surface area (Å²) < 4.78 is 25.4. The molecule has 1 N–H and O–H groups in total. The molecule has 0 spiro atoms. The fourth-order valence-electron chi connectivity index (χ4n) is 4.32. The van der Waals surface area contributed by atoms with Gasteiger partial charge in [-0.3, -0.25) is 4.98 Å². The number of nitrogens with zero attached hydrogens (tertiary/aromatic N) is 3. The van der Waals surface area contributed by atoms with Crippen LogP contribution in [0.15, 0.2) is 54.7 Å². The first kappa shape index (κ1) is 19.9. The van der Waals surface area contributed by atoms with E-state index in [2.05, 4.69) is 22.1 Å². The molecule has 0 fully saturated rings. The number of sulfonamides is 1. The quantitative estimate of drug-likeness (QED) is 0.531. The molecule has 1 aliphatic heterocycles. The maximum atomic E-state index is 11.9. The number of hydrogen-bond acceptors (Lipinski definition) is 4. The highest BCUT2D eigenvalue weighted by atomic mass is 32.2. The van der Waals surface area contributed by atoms with E-state index in [4.69, 9.17) is 4.98 Å². The largest absolute Gasteiger partial charge is 0.338 e. The molecule has 0 saturated carbocycles. The van der Waals surface area contributed by atoms with Gasteiger partial charge in [0, 0.05) is 30.5 Å². The lowest BCUT2D eigenvalue weighted by Crippen LogP contribution is -2.35. The molecule has 0 atom stereocenters. The molecule has 1 aliphatic rings. The number of para-hydroxylation sites is 2. The van der Waals surface area contributed by atoms with E-state index in [0.29, 0.717) is 13.1 Å². The molecule has 0 aliphatic carbocycles. The van der Waals surface area contributed by atoms with Crippen molar-refractivity contribution in [3.8, 4) is 11.4 Å². The SMILES string of the molecule is Cc1ncc(Cc2cccc3c2CCN(S(C)(=O)=O)C3)cc1-c1nc2ccccc2[nH]1. The topological polar surface area (TPSA) is 79.0 Å². The highest BCUT2D eigenvalue weighted by Gasteiger charge is 2.24. The van der Waals surface area contributed by atoms with Gasteiger partial charge in [0.25, 0.3) is 0 Å². The van der Waals surface area contributed by atoms with Crippen LogP contribution < -0.4 is 0 Å². The van der Waals surface area contributed by atoms with Crippen LogP contribution in [-0.2, 0) is 29.4 Å². The van der Waals surface area contributed by atoms with Crippen molar-refractivity contribution >= 4 is 21.1 Å². The molecular weight excluding hydrogens is 408 g/mol. The van der Waals surface area contributed by atoms with Crippen molar-refractivity contribution in [1.82, 2.24) is 19.3 Å². The van der Waals surface area contributed by atoms with E-state index in [1.807, 2.05) is 49.5 Å². The zero-order chi connectivity index (χ0) is 21.6. The molecule has 6 nitrogen and oxygen atoms in total. The fourth-order valence-corrected chi connectivity index (χ4v) is 5.12. The first-order valence-corrected chi connectivity index (χ1v) is 12.2. The second kappa shape index (κ2) is 7.59. The van der Waals surface area contributed by atoms with Gasteiger partial charge in [-0.2, -0.15) is 4.31 Å². The maximum absolute atomic E-state index is 11.9. The molecule has 3 heterocycles. The van der Waals surface area contributed by atoms with Gasteiger partial charge in [0.1, 0.15) is 5.82 Å². The molecule has 0 saturated heterocycles. The summed E-state index contributed by atoms with van der Waals surface area (Å²) in [5.41, 5.74) is 8.57. The number of rotatable bonds is 4. The van der Waals surface area contributed by atoms with Gasteiger partial charge in [-0.15, -0.1) is 0 Å². The van der Waals surface area contributed by atoms with E-state index in [1.165, 1.54) is 17.4 Å². The molecule has 0 amide bonds. The van der Waals surface area contributed by atoms with Crippen LogP contribution in [0.2, 0.25) is 0 Å². The summed E-state index contributed by atoms with van der Waals surface area (Å²) >= 11 is 0. The lowest BCUT2D eigenvalue weighted by molar-refractivity contribution is 0.394. The average molecular weight is 433 g/mol. The van der Waals surface area contributed by atoms with E-state index >= 15 is 0 Å². The summed E-state index contributed by atoms with van der Waals surface area (Å²) in [4.78, 5) is 12.8. The van der Waals surface area contributed by atoms with Gasteiger partial charge in [-0.25, -0.2) is 13.4 Å². The Kier molecular flexibility index (Phi) is 4.87. The summed E-state index contributed by atoms with van der Waals surface area (Å²) in [5, 5.41) is 0. The molecule has 5 rings (SSSR count). The number of hydrogen-bond donors (Lipinski definition) is 1. The molecule has 0 radical (unpaired) electrons. The lowest BCUT2D eigenvalue weighted by Gasteiger charge is -2.28. The molecule has 4 aromatic rings. The second-order valence-corrected chi connectivity index (χ2v) is 10.1. The highest BCUT2D eigenvalue weighted by molar-refractivity contribution is 7.88. The van der Waals surface area contributed by atoms with Crippen molar-refractivity contribution in [2.45, 2.75) is 26.3 Å². The number of benzene rings is 2. The Morgan fingerprint density at radius 1 is 1.13 bits per heavy atom. The van der Waals surface area contributed by atoms with E-state index < -0.39 is 10.0 Å². The van der Waals surface area contributed by atoms with E-state index in [0.717, 1.165) is 52.1 Å². The minimum Gasteiger partial charge on any atom is -0.338 e. The highest BCUT2D eigenvalue weighted by Crippen LogP contribution is 2.28. The molecule has 2 aromatic carbocycles. The summed E-state index contributed by atoms with van der Waals surface area (Å²) in [6, 6.07) is 16.3. The molecule has 2 aromatic heterocycles. The van der Waals surface area contributed by atoms with Crippen LogP contribution in [0.5, 0.6) is 0 Å². The fraction of sp³-hybridized carbons (Fsp3) is 0.250. The van der Waals surface area contributed by atoms with Crippen molar-refractivity contribution in [2.75, 3.05) is 12.8 Å². The minimum atomic E-state index is -3.18. The molecule has 31 heavy (non-hydrogen) atoms. The summed E-state index contributed by atoms with van der Waals surface area (Å²) in [5.74, 6) is 0.826. The van der Waals surface area contributed by atoms with Crippen molar-refractivity contribution < 1.29 is 8.42 Å². The van der Waals surface area contributed by atoms with Crippen molar-refractivity contribution in [3.05, 3.63) is 82.7 Å². The van der Waals surface area contributed by atoms with Gasteiger partial charge in [0.15, 0.2) is 0 Å². The van der Waals surface area contributed by atoms with Gasteiger partial charge < -0.3 is 4.98 Å². The molecular formula is C24H24N4O2S. The number of H-pyrrole nitrogens is 1. The van der Waals surface area contributed by atoms with Gasteiger partial charge >= 0.3 is 0 Å². The molecule has 0 unspecified atom stereocenters. The Bertz CT molecular complexity index is 1360. The van der Waals surface area contributed by atoms with Gasteiger partial charge in [0.2, 0.25) is 10.0 Å². The third-order valence-corrected chi connectivity index (χ3v) is 7.23. The molecule has 0 bridgehead atoms. The zero-order valence-electron chi connectivity index (χ0n) is 17.6. The third-order valence-electron chi connectivity index (χ3n) is 5.98. The number of aryl methyl sites for hydroxylation is 1. The van der Waals surface area contributed by atoms with E-state index in [9.17, 15) is 8.42 Å². The van der Waals surface area contributed by atoms with Gasteiger partial charge in [-0.05, 0) is 60.2 Å². The Hall–Kier alpha value is -3.03. The van der Waals surface area contributed by atoms with Crippen LogP contribution in [-0.4, -0.2) is 40.5 Å². The number of imidazole rings is 1. The summed E-state index contributed by atoms with van der Waals surface area (Å²) in [6.45, 7) is 2.97. The van der Waals surface area contributed by atoms with Crippen molar-refractivity contribution in [2.24, 2.45) is 0 Å². The number of fused-ring (bicyclic) bond motifs is 2. The van der Waals surface area contributed by atoms with E-state index in [-0.39, 0.29) is 0 Å². The second-order valence-electron chi connectivity index (χ2n) is 8.16. The first-order chi connectivity index (χ1) is 14.9. The van der Waals surface area contributed by atoms with Crippen molar-refractivity contribution in [3.63, 3.8) is 0 Å². The Morgan fingerprint density at radius 3 is 2.77 bits per heavy atom. The Balaban J connectivity index is 1.47. The predicted octanol–water partition coefficient (Wildman–Crippen LogP) is 3.84. The van der Waals surface area contributed by atoms with Gasteiger partial charge in [-0.1, -0.05) is 30.3 Å². The summed E-state index contributed by atoms with van der Waals surface area (Å²) in [6.07, 6.45) is 4.68. The standard InChI is InChI=1S/C24H24N4O2S/c1-16-21(24-26-22-8-3-4-9-23(22)27-24)13-17(14-25-16)12-18-6-5-7-19-15-28(31(2,29)30)11-10-20(18)19/h3-9,13-14H,10-12,15H2,1-2H3,(H,26,27). The average Bonchev–Trinajstić information content (AvgIpc) is 3.18. The lowest BCUT2D eigenvalue weighted by atomic mass is 9.92. The van der Waals surface area contributed by atoms with E-state index in [1.54, 1.807) is 4.31 Å². The van der Waals surface area contributed by atoms with Crippen LogP contribution in [0.1, 0.15) is 27.9 Å². The number of nitrogens with one attached hydrogen (secondary N) is 1. The first-order valence-electron chi connectivity index (χ1n) is 10.3. The molecule has 7 heteroatoms. The minimum absolute atomic E-state index is 0.443. The number of pyridine rings is 1. The van der Waals surface area contributed by atoms with Crippen LogP contribution in [0, 0.1) is 6.92 Å². The van der Waals surface area contributed by atoms with Crippen LogP contribution in [0.25, 0.3) is 22.4 Å². The van der Waals surface area contributed by atoms with Gasteiger partial charge in [0.05, 0.1) is 17.3 Å². The third kappa shape index (κ3) is 3.86. The Labute approximate surface area is 182 Å². The van der Waals surface area contributed by atoms with Crippen LogP contribution in [0.4, 0.5) is 0 Å². The zero-order valence-corrected chi connectivity index (χ0v) is 18.4. The normalized spacial score (nSPS) is 14.6. The Morgan fingerprint density at radius 2 is 1.97 bits per heavy atom. The maximum Gasteiger partial charge on any atom is 0.211 e. The van der Waals surface area contributed by atoms with Crippen LogP contribution in [0.3, 0.4) is 0 Å².